The number of phenolic OH excluding ortho intramolecular Hbond substituents is 2. The van der Waals surface area contributed by atoms with E-state index in [1.165, 1.54) is 18.2 Å². The Balaban J connectivity index is 2.39. The van der Waals surface area contributed by atoms with Crippen molar-refractivity contribution in [2.24, 2.45) is 0 Å². The summed E-state index contributed by atoms with van der Waals surface area (Å²) in [6.45, 7) is 5.46. The molecule has 5 heteroatoms. The Labute approximate surface area is 107 Å². The van der Waals surface area contributed by atoms with Gasteiger partial charge in [-0.2, -0.15) is 0 Å². The third kappa shape index (κ3) is 4.25. The summed E-state index contributed by atoms with van der Waals surface area (Å²) in [5.74, 6) is -1.05. The number of para-hydroxylation sites is 1. The molecule has 4 N–H and O–H groups in total. The maximum atomic E-state index is 11.7. The van der Waals surface area contributed by atoms with E-state index in [1.54, 1.807) is 0 Å². The highest BCUT2D eigenvalue weighted by Crippen LogP contribution is 2.27. The van der Waals surface area contributed by atoms with Crippen molar-refractivity contribution < 1.29 is 15.0 Å². The quantitative estimate of drug-likeness (QED) is 0.453. The van der Waals surface area contributed by atoms with Gasteiger partial charge < -0.3 is 20.8 Å². The molecule has 0 atom stereocenters. The predicted molar refractivity (Wildman–Crippen MR) is 69.9 cm³/mol. The lowest BCUT2D eigenvalue weighted by Crippen LogP contribution is -2.29. The fourth-order valence-corrected chi connectivity index (χ4v) is 1.49. The second-order valence-corrected chi connectivity index (χ2v) is 4.39. The first-order chi connectivity index (χ1) is 8.52. The van der Waals surface area contributed by atoms with Crippen LogP contribution in [0.1, 0.15) is 30.6 Å². The predicted octanol–water partition coefficient (Wildman–Crippen LogP) is 1.22. The van der Waals surface area contributed by atoms with Crippen LogP contribution in [0.2, 0.25) is 0 Å². The van der Waals surface area contributed by atoms with Crippen molar-refractivity contribution in [3.05, 3.63) is 23.8 Å². The molecule has 1 aromatic carbocycles. The van der Waals surface area contributed by atoms with E-state index in [-0.39, 0.29) is 23.0 Å². The van der Waals surface area contributed by atoms with Crippen LogP contribution in [0.5, 0.6) is 11.5 Å². The van der Waals surface area contributed by atoms with Crippen LogP contribution in [0.25, 0.3) is 0 Å². The highest BCUT2D eigenvalue weighted by Gasteiger charge is 2.12. The minimum atomic E-state index is -0.382. The zero-order valence-electron chi connectivity index (χ0n) is 10.7. The summed E-state index contributed by atoms with van der Waals surface area (Å²) in [6, 6.07) is 4.75. The summed E-state index contributed by atoms with van der Waals surface area (Å²) in [7, 11) is 0. The van der Waals surface area contributed by atoms with Crippen LogP contribution in [-0.4, -0.2) is 35.3 Å². The highest BCUT2D eigenvalue weighted by molar-refractivity contribution is 5.97. The van der Waals surface area contributed by atoms with Crippen molar-refractivity contribution in [3.63, 3.8) is 0 Å². The lowest BCUT2D eigenvalue weighted by atomic mass is 10.1. The monoisotopic (exact) mass is 252 g/mol. The Hall–Kier alpha value is -1.75. The number of phenols is 2. The fourth-order valence-electron chi connectivity index (χ4n) is 1.49. The molecule has 0 aliphatic carbocycles. The van der Waals surface area contributed by atoms with Gasteiger partial charge in [-0.25, -0.2) is 0 Å². The Morgan fingerprint density at radius 2 is 2.00 bits per heavy atom. The summed E-state index contributed by atoms with van der Waals surface area (Å²) >= 11 is 0. The van der Waals surface area contributed by atoms with Crippen LogP contribution in [0, 0.1) is 0 Å². The second-order valence-electron chi connectivity index (χ2n) is 4.39. The largest absolute Gasteiger partial charge is 0.504 e. The molecule has 100 valence electrons. The van der Waals surface area contributed by atoms with Gasteiger partial charge in [0.05, 0.1) is 5.56 Å². The SMILES string of the molecule is CC(C)NCCCNC(=O)c1cccc(O)c1O. The zero-order valence-corrected chi connectivity index (χ0v) is 10.7. The highest BCUT2D eigenvalue weighted by atomic mass is 16.3. The lowest BCUT2D eigenvalue weighted by molar-refractivity contribution is 0.0950. The van der Waals surface area contributed by atoms with Gasteiger partial charge in [-0.15, -0.1) is 0 Å². The third-order valence-corrected chi connectivity index (χ3v) is 2.45. The van der Waals surface area contributed by atoms with Gasteiger partial charge in [0.15, 0.2) is 11.5 Å². The van der Waals surface area contributed by atoms with E-state index < -0.39 is 0 Å². The molecule has 1 aromatic rings. The maximum absolute atomic E-state index is 11.7. The molecule has 0 aliphatic heterocycles. The Kier molecular flexibility index (Phi) is 5.45. The number of hydrogen-bond donors (Lipinski definition) is 4. The smallest absolute Gasteiger partial charge is 0.255 e. The van der Waals surface area contributed by atoms with Gasteiger partial charge in [0.2, 0.25) is 0 Å². The molecule has 0 saturated carbocycles. The molecule has 5 nitrogen and oxygen atoms in total. The Morgan fingerprint density at radius 3 is 2.67 bits per heavy atom. The van der Waals surface area contributed by atoms with Crippen molar-refractivity contribution in [1.82, 2.24) is 10.6 Å². The molecule has 0 unspecified atom stereocenters. The molecule has 0 fully saturated rings. The molecular formula is C13H20N2O3. The standard InChI is InChI=1S/C13H20N2O3/c1-9(2)14-7-4-8-15-13(18)10-5-3-6-11(16)12(10)17/h3,5-6,9,14,16-17H,4,7-8H2,1-2H3,(H,15,18). The number of benzene rings is 1. The van der Waals surface area contributed by atoms with Gasteiger partial charge >= 0.3 is 0 Å². The minimum absolute atomic E-state index is 0.0896. The lowest BCUT2D eigenvalue weighted by Gasteiger charge is -2.09. The first-order valence-corrected chi connectivity index (χ1v) is 6.05. The van der Waals surface area contributed by atoms with E-state index in [4.69, 9.17) is 0 Å². The molecule has 0 heterocycles. The van der Waals surface area contributed by atoms with E-state index >= 15 is 0 Å². The van der Waals surface area contributed by atoms with Gasteiger partial charge in [-0.1, -0.05) is 19.9 Å². The van der Waals surface area contributed by atoms with Gasteiger partial charge in [0.1, 0.15) is 0 Å². The summed E-state index contributed by atoms with van der Waals surface area (Å²) in [5.41, 5.74) is 0.0896. The van der Waals surface area contributed by atoms with E-state index in [0.29, 0.717) is 12.6 Å². The van der Waals surface area contributed by atoms with Gasteiger partial charge in [0, 0.05) is 12.6 Å². The number of carbonyl (C=O) groups excluding carboxylic acids is 1. The van der Waals surface area contributed by atoms with Gasteiger partial charge in [0.25, 0.3) is 5.91 Å². The van der Waals surface area contributed by atoms with E-state index in [0.717, 1.165) is 13.0 Å². The van der Waals surface area contributed by atoms with Crippen molar-refractivity contribution in [2.45, 2.75) is 26.3 Å². The number of hydrogen-bond acceptors (Lipinski definition) is 4. The van der Waals surface area contributed by atoms with Crippen molar-refractivity contribution in [1.29, 1.82) is 0 Å². The van der Waals surface area contributed by atoms with E-state index in [2.05, 4.69) is 24.5 Å². The molecule has 1 rings (SSSR count). The average Bonchev–Trinajstić information content (AvgIpc) is 2.31. The summed E-state index contributed by atoms with van der Waals surface area (Å²) < 4.78 is 0. The molecule has 0 saturated heterocycles. The third-order valence-electron chi connectivity index (χ3n) is 2.45. The summed E-state index contributed by atoms with van der Waals surface area (Å²) in [5, 5.41) is 24.7. The van der Waals surface area contributed by atoms with Crippen LogP contribution in [0.3, 0.4) is 0 Å². The molecule has 0 radical (unpaired) electrons. The van der Waals surface area contributed by atoms with Crippen LogP contribution in [0.15, 0.2) is 18.2 Å². The van der Waals surface area contributed by atoms with E-state index in [9.17, 15) is 15.0 Å². The Bertz CT molecular complexity index is 405. The Morgan fingerprint density at radius 1 is 1.28 bits per heavy atom. The average molecular weight is 252 g/mol. The van der Waals surface area contributed by atoms with Gasteiger partial charge in [-0.05, 0) is 25.1 Å². The first kappa shape index (κ1) is 14.3. The van der Waals surface area contributed by atoms with Crippen molar-refractivity contribution >= 4 is 5.91 Å². The zero-order chi connectivity index (χ0) is 13.5. The molecular weight excluding hydrogens is 232 g/mol. The molecule has 0 aromatic heterocycles. The molecule has 0 bridgehead atoms. The van der Waals surface area contributed by atoms with Crippen LogP contribution in [0.4, 0.5) is 0 Å². The number of nitrogens with one attached hydrogen (secondary N) is 2. The molecule has 0 spiro atoms. The topological polar surface area (TPSA) is 81.6 Å². The van der Waals surface area contributed by atoms with E-state index in [1.807, 2.05) is 0 Å². The van der Waals surface area contributed by atoms with Gasteiger partial charge in [-0.3, -0.25) is 4.79 Å². The van der Waals surface area contributed by atoms with Crippen LogP contribution < -0.4 is 10.6 Å². The number of aromatic hydroxyl groups is 2. The molecule has 18 heavy (non-hydrogen) atoms. The van der Waals surface area contributed by atoms with Crippen molar-refractivity contribution in [3.8, 4) is 11.5 Å². The minimum Gasteiger partial charge on any atom is -0.504 e. The van der Waals surface area contributed by atoms with Crippen LogP contribution >= 0.6 is 0 Å². The van der Waals surface area contributed by atoms with Crippen molar-refractivity contribution in [2.75, 3.05) is 13.1 Å². The summed E-state index contributed by atoms with van der Waals surface area (Å²) in [4.78, 5) is 11.7. The number of carbonyl (C=O) groups is 1. The van der Waals surface area contributed by atoms with Crippen LogP contribution in [-0.2, 0) is 0 Å². The first-order valence-electron chi connectivity index (χ1n) is 6.05. The molecule has 0 aliphatic rings. The number of amides is 1. The fraction of sp³-hybridized carbons (Fsp3) is 0.462. The summed E-state index contributed by atoms with van der Waals surface area (Å²) in [6.07, 6.45) is 0.809. The number of rotatable bonds is 6. The second kappa shape index (κ2) is 6.86. The normalized spacial score (nSPS) is 10.6. The molecule has 1 amide bonds. The maximum Gasteiger partial charge on any atom is 0.255 e.